The van der Waals surface area contributed by atoms with Crippen molar-refractivity contribution in [2.45, 2.75) is 18.6 Å². The molecule has 0 aliphatic carbocycles. The standard InChI is InChI=1S/C18H15F2NO4/c19-13-3-1-10(5-14(13)20)15-7-12(22)8-21(15)18(23)11-2-4-16-17(6-11)25-9-24-16/h1-6,12,15,22H,7-9H2. The second-order valence-electron chi connectivity index (χ2n) is 6.10. The van der Waals surface area contributed by atoms with Crippen molar-refractivity contribution in [2.75, 3.05) is 13.3 Å². The van der Waals surface area contributed by atoms with Gasteiger partial charge in [0.05, 0.1) is 12.1 Å². The molecule has 2 aromatic rings. The van der Waals surface area contributed by atoms with Gasteiger partial charge in [-0.1, -0.05) is 6.07 Å². The average molecular weight is 347 g/mol. The Morgan fingerprint density at radius 1 is 1.08 bits per heavy atom. The highest BCUT2D eigenvalue weighted by Gasteiger charge is 2.36. The van der Waals surface area contributed by atoms with Gasteiger partial charge in [-0.3, -0.25) is 4.79 Å². The Balaban J connectivity index is 1.65. The molecule has 2 atom stereocenters. The van der Waals surface area contributed by atoms with E-state index in [0.29, 0.717) is 22.6 Å². The maximum Gasteiger partial charge on any atom is 0.254 e. The first kappa shape index (κ1) is 15.8. The number of amides is 1. The van der Waals surface area contributed by atoms with E-state index in [-0.39, 0.29) is 25.7 Å². The van der Waals surface area contributed by atoms with Crippen LogP contribution in [-0.4, -0.2) is 35.4 Å². The van der Waals surface area contributed by atoms with Crippen LogP contribution in [0.4, 0.5) is 8.78 Å². The molecule has 0 radical (unpaired) electrons. The molecular weight excluding hydrogens is 332 g/mol. The van der Waals surface area contributed by atoms with Crippen LogP contribution in [0.1, 0.15) is 28.4 Å². The van der Waals surface area contributed by atoms with Crippen LogP contribution >= 0.6 is 0 Å². The summed E-state index contributed by atoms with van der Waals surface area (Å²) in [6.45, 7) is 0.226. The van der Waals surface area contributed by atoms with Crippen LogP contribution in [0, 0.1) is 11.6 Å². The summed E-state index contributed by atoms with van der Waals surface area (Å²) < 4.78 is 37.2. The topological polar surface area (TPSA) is 59.0 Å². The average Bonchev–Trinajstić information content (AvgIpc) is 3.22. The minimum atomic E-state index is -0.977. The maximum absolute atomic E-state index is 13.6. The number of rotatable bonds is 2. The molecule has 130 valence electrons. The third-order valence-electron chi connectivity index (χ3n) is 4.49. The molecule has 2 aliphatic rings. The first-order chi connectivity index (χ1) is 12.0. The Hall–Kier alpha value is -2.67. The Morgan fingerprint density at radius 3 is 2.68 bits per heavy atom. The minimum Gasteiger partial charge on any atom is -0.454 e. The summed E-state index contributed by atoms with van der Waals surface area (Å²) in [5.41, 5.74) is 0.829. The SMILES string of the molecule is O=C(c1ccc2c(c1)OCO2)N1CC(O)CC1c1ccc(F)c(F)c1. The number of carbonyl (C=O) groups is 1. The number of likely N-dealkylation sites (tertiary alicyclic amines) is 1. The quantitative estimate of drug-likeness (QED) is 0.907. The van der Waals surface area contributed by atoms with Crippen molar-refractivity contribution in [2.24, 2.45) is 0 Å². The molecule has 5 nitrogen and oxygen atoms in total. The second kappa shape index (κ2) is 6.00. The van der Waals surface area contributed by atoms with Gasteiger partial charge < -0.3 is 19.5 Å². The van der Waals surface area contributed by atoms with E-state index in [2.05, 4.69) is 0 Å². The van der Waals surface area contributed by atoms with Crippen molar-refractivity contribution < 1.29 is 28.2 Å². The van der Waals surface area contributed by atoms with Gasteiger partial charge in [-0.15, -0.1) is 0 Å². The van der Waals surface area contributed by atoms with Gasteiger partial charge in [-0.05, 0) is 42.3 Å². The number of fused-ring (bicyclic) bond motifs is 1. The number of carbonyl (C=O) groups excluding carboxylic acids is 1. The Kier molecular flexibility index (Phi) is 3.80. The number of nitrogens with zero attached hydrogens (tertiary/aromatic N) is 1. The minimum absolute atomic E-state index is 0.104. The number of aliphatic hydroxyl groups is 1. The van der Waals surface area contributed by atoms with Crippen molar-refractivity contribution in [3.8, 4) is 11.5 Å². The van der Waals surface area contributed by atoms with E-state index in [1.54, 1.807) is 18.2 Å². The molecule has 4 rings (SSSR count). The number of halogens is 2. The fraction of sp³-hybridized carbons (Fsp3) is 0.278. The summed E-state index contributed by atoms with van der Waals surface area (Å²) in [4.78, 5) is 14.3. The normalized spacial score (nSPS) is 21.6. The van der Waals surface area contributed by atoms with Crippen LogP contribution in [0.3, 0.4) is 0 Å². The lowest BCUT2D eigenvalue weighted by Crippen LogP contribution is -2.31. The molecule has 2 aliphatic heterocycles. The van der Waals surface area contributed by atoms with E-state index in [4.69, 9.17) is 9.47 Å². The first-order valence-electron chi connectivity index (χ1n) is 7.86. The molecule has 0 aromatic heterocycles. The number of hydrogen-bond acceptors (Lipinski definition) is 4. The zero-order valence-corrected chi connectivity index (χ0v) is 13.1. The van der Waals surface area contributed by atoms with Crippen LogP contribution in [0.5, 0.6) is 11.5 Å². The molecule has 2 heterocycles. The molecule has 2 aromatic carbocycles. The van der Waals surface area contributed by atoms with Crippen LogP contribution in [0.15, 0.2) is 36.4 Å². The zero-order valence-electron chi connectivity index (χ0n) is 13.1. The summed E-state index contributed by atoms with van der Waals surface area (Å²) in [6, 6.07) is 7.84. The fourth-order valence-corrected chi connectivity index (χ4v) is 3.27. The van der Waals surface area contributed by atoms with Gasteiger partial charge in [0.15, 0.2) is 23.1 Å². The van der Waals surface area contributed by atoms with Gasteiger partial charge >= 0.3 is 0 Å². The number of benzene rings is 2. The van der Waals surface area contributed by atoms with Crippen LogP contribution in [-0.2, 0) is 0 Å². The molecule has 1 fully saturated rings. The molecule has 1 amide bonds. The molecule has 0 saturated carbocycles. The van der Waals surface area contributed by atoms with Crippen LogP contribution in [0.25, 0.3) is 0 Å². The van der Waals surface area contributed by atoms with Gasteiger partial charge in [0, 0.05) is 12.1 Å². The third kappa shape index (κ3) is 2.80. The summed E-state index contributed by atoms with van der Waals surface area (Å²) in [7, 11) is 0. The highest BCUT2D eigenvalue weighted by Crippen LogP contribution is 2.36. The van der Waals surface area contributed by atoms with Gasteiger partial charge in [0.25, 0.3) is 5.91 Å². The number of hydrogen-bond donors (Lipinski definition) is 1. The highest BCUT2D eigenvalue weighted by molar-refractivity contribution is 5.95. The molecule has 1 saturated heterocycles. The van der Waals surface area contributed by atoms with Crippen LogP contribution < -0.4 is 9.47 Å². The smallest absolute Gasteiger partial charge is 0.254 e. The van der Waals surface area contributed by atoms with E-state index in [1.165, 1.54) is 11.0 Å². The predicted molar refractivity (Wildman–Crippen MR) is 83.3 cm³/mol. The fourth-order valence-electron chi connectivity index (χ4n) is 3.27. The Bertz CT molecular complexity index is 842. The monoisotopic (exact) mass is 347 g/mol. The molecular formula is C18H15F2NO4. The van der Waals surface area contributed by atoms with Gasteiger partial charge in [-0.25, -0.2) is 8.78 Å². The lowest BCUT2D eigenvalue weighted by molar-refractivity contribution is 0.0715. The summed E-state index contributed by atoms with van der Waals surface area (Å²) in [5.74, 6) is -1.19. The van der Waals surface area contributed by atoms with Crippen molar-refractivity contribution in [3.05, 3.63) is 59.2 Å². The summed E-state index contributed by atoms with van der Waals surface area (Å²) in [6.07, 6.45) is -0.461. The molecule has 25 heavy (non-hydrogen) atoms. The number of aliphatic hydroxyl groups excluding tert-OH is 1. The van der Waals surface area contributed by atoms with Crippen molar-refractivity contribution in [1.29, 1.82) is 0 Å². The van der Waals surface area contributed by atoms with Gasteiger partial charge in [0.2, 0.25) is 6.79 Å². The largest absolute Gasteiger partial charge is 0.454 e. The van der Waals surface area contributed by atoms with Crippen molar-refractivity contribution in [1.82, 2.24) is 4.90 Å². The van der Waals surface area contributed by atoms with E-state index in [9.17, 15) is 18.7 Å². The van der Waals surface area contributed by atoms with E-state index in [1.807, 2.05) is 0 Å². The van der Waals surface area contributed by atoms with E-state index >= 15 is 0 Å². The highest BCUT2D eigenvalue weighted by atomic mass is 19.2. The zero-order chi connectivity index (χ0) is 17.6. The molecule has 1 N–H and O–H groups in total. The molecule has 0 spiro atoms. The van der Waals surface area contributed by atoms with Gasteiger partial charge in [-0.2, -0.15) is 0 Å². The second-order valence-corrected chi connectivity index (χ2v) is 6.10. The Labute approximate surface area is 142 Å². The third-order valence-corrected chi connectivity index (χ3v) is 4.49. The van der Waals surface area contributed by atoms with Crippen molar-refractivity contribution in [3.63, 3.8) is 0 Å². The molecule has 2 unspecified atom stereocenters. The maximum atomic E-state index is 13.6. The summed E-state index contributed by atoms with van der Waals surface area (Å²) in [5, 5.41) is 10.00. The van der Waals surface area contributed by atoms with E-state index in [0.717, 1.165) is 12.1 Å². The predicted octanol–water partition coefficient (Wildman–Crippen LogP) is 2.64. The summed E-state index contributed by atoms with van der Waals surface area (Å²) >= 11 is 0. The first-order valence-corrected chi connectivity index (χ1v) is 7.86. The molecule has 0 bridgehead atoms. The van der Waals surface area contributed by atoms with Crippen molar-refractivity contribution >= 4 is 5.91 Å². The van der Waals surface area contributed by atoms with Crippen LogP contribution in [0.2, 0.25) is 0 Å². The number of β-amino-alcohol motifs (C(OH)–C–C–N with tert-alkyl or cyclic N) is 1. The van der Waals surface area contributed by atoms with E-state index < -0.39 is 23.8 Å². The lowest BCUT2D eigenvalue weighted by Gasteiger charge is -2.25. The van der Waals surface area contributed by atoms with Gasteiger partial charge in [0.1, 0.15) is 0 Å². The molecule has 7 heteroatoms. The number of ether oxygens (including phenoxy) is 2. The lowest BCUT2D eigenvalue weighted by atomic mass is 10.0. The Morgan fingerprint density at radius 2 is 1.88 bits per heavy atom.